The van der Waals surface area contributed by atoms with Gasteiger partial charge in [-0.15, -0.1) is 11.3 Å². The van der Waals surface area contributed by atoms with Crippen LogP contribution in [0.2, 0.25) is 0 Å². The molecule has 1 amide bonds. The van der Waals surface area contributed by atoms with Crippen LogP contribution in [0.25, 0.3) is 0 Å². The van der Waals surface area contributed by atoms with E-state index in [-0.39, 0.29) is 11.8 Å². The van der Waals surface area contributed by atoms with Crippen molar-refractivity contribution in [2.45, 2.75) is 40.8 Å². The molecule has 0 saturated carbocycles. The van der Waals surface area contributed by atoms with Gasteiger partial charge in [-0.3, -0.25) is 4.79 Å². The Morgan fingerprint density at radius 2 is 1.85 bits per heavy atom. The van der Waals surface area contributed by atoms with Crippen molar-refractivity contribution in [3.8, 4) is 0 Å². The number of carbonyl (C=O) groups is 1. The van der Waals surface area contributed by atoms with Crippen LogP contribution in [0.5, 0.6) is 0 Å². The molecule has 0 radical (unpaired) electrons. The summed E-state index contributed by atoms with van der Waals surface area (Å²) in [5.41, 5.74) is 1.91. The van der Waals surface area contributed by atoms with E-state index in [0.29, 0.717) is 6.54 Å². The quantitative estimate of drug-likeness (QED) is 0.510. The average Bonchev–Trinajstić information content (AvgIpc) is 3.04. The zero-order valence-corrected chi connectivity index (χ0v) is 16.7. The molecule has 1 aromatic heterocycles. The number of thiophene rings is 1. The minimum Gasteiger partial charge on any atom is -0.357 e. The molecule has 2 rings (SSSR count). The number of amides is 1. The van der Waals surface area contributed by atoms with Gasteiger partial charge in [-0.2, -0.15) is 0 Å². The molecule has 6 heteroatoms. The van der Waals surface area contributed by atoms with Crippen molar-refractivity contribution in [1.82, 2.24) is 10.6 Å². The van der Waals surface area contributed by atoms with Crippen LogP contribution in [0.1, 0.15) is 36.1 Å². The van der Waals surface area contributed by atoms with Crippen molar-refractivity contribution in [2.24, 2.45) is 10.9 Å². The highest BCUT2D eigenvalue weighted by atomic mass is 32.1. The minimum atomic E-state index is -0.0276. The van der Waals surface area contributed by atoms with Gasteiger partial charge >= 0.3 is 0 Å². The summed E-state index contributed by atoms with van der Waals surface area (Å²) in [7, 11) is 0. The molecule has 5 nitrogen and oxygen atoms in total. The summed E-state index contributed by atoms with van der Waals surface area (Å²) in [5.74, 6) is 0.800. The molecular weight excluding hydrogens is 344 g/mol. The highest BCUT2D eigenvalue weighted by Crippen LogP contribution is 2.14. The standard InChI is InChI=1S/C20H28N4OS/c1-5-21-20(23-13-18-11-6-15(4)26-18)22-12-16-7-9-17(10-8-16)24-19(25)14(2)3/h6-11,14H,5,12-13H2,1-4H3,(H,24,25)(H2,21,22,23). The summed E-state index contributed by atoms with van der Waals surface area (Å²) in [5, 5.41) is 9.53. The number of carbonyl (C=O) groups excluding carboxylic acids is 1. The topological polar surface area (TPSA) is 65.5 Å². The van der Waals surface area contributed by atoms with Gasteiger partial charge < -0.3 is 16.0 Å². The Morgan fingerprint density at radius 3 is 2.42 bits per heavy atom. The molecule has 0 aliphatic carbocycles. The molecule has 0 atom stereocenters. The zero-order chi connectivity index (χ0) is 18.9. The maximum absolute atomic E-state index is 11.7. The molecule has 3 N–H and O–H groups in total. The van der Waals surface area contributed by atoms with Crippen molar-refractivity contribution in [2.75, 3.05) is 11.9 Å². The van der Waals surface area contributed by atoms with E-state index in [1.165, 1.54) is 9.75 Å². The third-order valence-electron chi connectivity index (χ3n) is 3.74. The number of nitrogens with one attached hydrogen (secondary N) is 3. The molecular formula is C20H28N4OS. The number of guanidine groups is 1. The van der Waals surface area contributed by atoms with Crippen LogP contribution >= 0.6 is 11.3 Å². The van der Waals surface area contributed by atoms with Crippen molar-refractivity contribution in [3.63, 3.8) is 0 Å². The first-order chi connectivity index (χ1) is 12.5. The summed E-state index contributed by atoms with van der Waals surface area (Å²) in [6, 6.07) is 12.1. The van der Waals surface area contributed by atoms with Crippen LogP contribution in [-0.4, -0.2) is 18.4 Å². The van der Waals surface area contributed by atoms with Gasteiger partial charge in [-0.05, 0) is 43.7 Å². The molecule has 2 aromatic rings. The van der Waals surface area contributed by atoms with Gasteiger partial charge in [-0.25, -0.2) is 4.99 Å². The normalized spacial score (nSPS) is 11.5. The summed E-state index contributed by atoms with van der Waals surface area (Å²) >= 11 is 1.79. The van der Waals surface area contributed by atoms with Crippen molar-refractivity contribution in [1.29, 1.82) is 0 Å². The maximum atomic E-state index is 11.7. The largest absolute Gasteiger partial charge is 0.357 e. The second kappa shape index (κ2) is 9.97. The SMILES string of the molecule is CCNC(=NCc1ccc(NC(=O)C(C)C)cc1)NCc1ccc(C)s1. The zero-order valence-electron chi connectivity index (χ0n) is 15.9. The van der Waals surface area contributed by atoms with E-state index >= 15 is 0 Å². The number of benzene rings is 1. The van der Waals surface area contributed by atoms with Crippen LogP contribution < -0.4 is 16.0 Å². The van der Waals surface area contributed by atoms with Gasteiger partial charge in [-0.1, -0.05) is 26.0 Å². The molecule has 140 valence electrons. The lowest BCUT2D eigenvalue weighted by Gasteiger charge is -2.11. The Morgan fingerprint density at radius 1 is 1.12 bits per heavy atom. The Balaban J connectivity index is 1.92. The van der Waals surface area contributed by atoms with Crippen molar-refractivity contribution < 1.29 is 4.79 Å². The number of rotatable bonds is 7. The third-order valence-corrected chi connectivity index (χ3v) is 4.74. The van der Waals surface area contributed by atoms with E-state index in [9.17, 15) is 4.79 Å². The number of anilines is 1. The van der Waals surface area contributed by atoms with Crippen LogP contribution in [0.15, 0.2) is 41.4 Å². The lowest BCUT2D eigenvalue weighted by Crippen LogP contribution is -2.36. The molecule has 0 spiro atoms. The summed E-state index contributed by atoms with van der Waals surface area (Å²) in [6.45, 7) is 10.1. The summed E-state index contributed by atoms with van der Waals surface area (Å²) in [6.07, 6.45) is 0. The first-order valence-corrected chi connectivity index (χ1v) is 9.77. The van der Waals surface area contributed by atoms with Gasteiger partial charge in [0.1, 0.15) is 0 Å². The predicted octanol–water partition coefficient (Wildman–Crippen LogP) is 3.91. The van der Waals surface area contributed by atoms with Crippen molar-refractivity contribution in [3.05, 3.63) is 51.7 Å². The molecule has 1 aromatic carbocycles. The monoisotopic (exact) mass is 372 g/mol. The molecule has 0 aliphatic rings. The van der Waals surface area contributed by atoms with E-state index in [4.69, 9.17) is 0 Å². The molecule has 0 aliphatic heterocycles. The van der Waals surface area contributed by atoms with Crippen LogP contribution in [-0.2, 0) is 17.9 Å². The fraction of sp³-hybridized carbons (Fsp3) is 0.400. The summed E-state index contributed by atoms with van der Waals surface area (Å²) in [4.78, 5) is 19.0. The molecule has 26 heavy (non-hydrogen) atoms. The molecule has 0 saturated heterocycles. The van der Waals surface area contributed by atoms with Crippen LogP contribution in [0.3, 0.4) is 0 Å². The number of hydrogen-bond acceptors (Lipinski definition) is 3. The highest BCUT2D eigenvalue weighted by Gasteiger charge is 2.06. The van der Waals surface area contributed by atoms with E-state index in [0.717, 1.165) is 30.3 Å². The van der Waals surface area contributed by atoms with Gasteiger partial charge in [0.05, 0.1) is 13.1 Å². The van der Waals surface area contributed by atoms with E-state index < -0.39 is 0 Å². The summed E-state index contributed by atoms with van der Waals surface area (Å²) < 4.78 is 0. The molecule has 1 heterocycles. The second-order valence-electron chi connectivity index (χ2n) is 6.40. The fourth-order valence-corrected chi connectivity index (χ4v) is 3.07. The van der Waals surface area contributed by atoms with Gasteiger partial charge in [0, 0.05) is 27.9 Å². The lowest BCUT2D eigenvalue weighted by atomic mass is 10.2. The van der Waals surface area contributed by atoms with E-state index in [1.54, 1.807) is 11.3 Å². The van der Waals surface area contributed by atoms with Crippen LogP contribution in [0, 0.1) is 12.8 Å². The van der Waals surface area contributed by atoms with Gasteiger partial charge in [0.15, 0.2) is 5.96 Å². The number of aryl methyl sites for hydroxylation is 1. The Labute approximate surface area is 159 Å². The van der Waals surface area contributed by atoms with Gasteiger partial charge in [0.25, 0.3) is 0 Å². The van der Waals surface area contributed by atoms with Crippen LogP contribution in [0.4, 0.5) is 5.69 Å². The average molecular weight is 373 g/mol. The number of hydrogen-bond donors (Lipinski definition) is 3. The minimum absolute atomic E-state index is 0.0261. The van der Waals surface area contributed by atoms with E-state index in [1.807, 2.05) is 38.1 Å². The highest BCUT2D eigenvalue weighted by molar-refractivity contribution is 7.11. The van der Waals surface area contributed by atoms with Gasteiger partial charge in [0.2, 0.25) is 5.91 Å². The fourth-order valence-electron chi connectivity index (χ4n) is 2.24. The number of aliphatic imine (C=N–C) groups is 1. The second-order valence-corrected chi connectivity index (χ2v) is 7.77. The predicted molar refractivity (Wildman–Crippen MR) is 111 cm³/mol. The first-order valence-electron chi connectivity index (χ1n) is 8.95. The lowest BCUT2D eigenvalue weighted by molar-refractivity contribution is -0.118. The Kier molecular flexibility index (Phi) is 7.66. The Hall–Kier alpha value is -2.34. The van der Waals surface area contributed by atoms with Crippen molar-refractivity contribution >= 4 is 28.9 Å². The Bertz CT molecular complexity index is 735. The number of nitrogens with zero attached hydrogens (tertiary/aromatic N) is 1. The maximum Gasteiger partial charge on any atom is 0.226 e. The molecule has 0 bridgehead atoms. The third kappa shape index (κ3) is 6.52. The smallest absolute Gasteiger partial charge is 0.226 e. The first kappa shape index (κ1) is 20.0. The van der Waals surface area contributed by atoms with E-state index in [2.05, 4.69) is 46.9 Å². The molecule has 0 fully saturated rings. The molecule has 0 unspecified atom stereocenters.